The molecule has 0 spiro atoms. The van der Waals surface area contributed by atoms with Crippen LogP contribution in [0.5, 0.6) is 0 Å². The second kappa shape index (κ2) is 5.83. The van der Waals surface area contributed by atoms with Crippen LogP contribution in [0.1, 0.15) is 41.0 Å². The van der Waals surface area contributed by atoms with Crippen LogP contribution in [0.25, 0.3) is 0 Å². The fourth-order valence-electron chi connectivity index (χ4n) is 3.77. The van der Waals surface area contributed by atoms with Crippen molar-refractivity contribution >= 4 is 11.8 Å². The van der Waals surface area contributed by atoms with Gasteiger partial charge in [-0.1, -0.05) is 0 Å². The molecule has 3 atom stereocenters. The molecule has 0 aliphatic carbocycles. The lowest BCUT2D eigenvalue weighted by Crippen LogP contribution is -2.44. The maximum Gasteiger partial charge on any atom is 0.250 e. The summed E-state index contributed by atoms with van der Waals surface area (Å²) in [7, 11) is 0. The van der Waals surface area contributed by atoms with Gasteiger partial charge < -0.3 is 19.9 Å². The molecule has 132 valence electrons. The molecule has 1 N–H and O–H groups in total. The molecule has 3 aliphatic heterocycles. The first-order chi connectivity index (χ1) is 11.2. The summed E-state index contributed by atoms with van der Waals surface area (Å²) in [6, 6.07) is 0.144. The van der Waals surface area contributed by atoms with Crippen molar-refractivity contribution in [1.29, 1.82) is 0 Å². The van der Waals surface area contributed by atoms with Crippen molar-refractivity contribution in [3.63, 3.8) is 0 Å². The van der Waals surface area contributed by atoms with Gasteiger partial charge in [0.2, 0.25) is 5.91 Å². The van der Waals surface area contributed by atoms with E-state index in [1.807, 2.05) is 39.5 Å². The molecule has 0 aromatic rings. The van der Waals surface area contributed by atoms with Gasteiger partial charge in [0, 0.05) is 30.9 Å². The van der Waals surface area contributed by atoms with Crippen LogP contribution in [0.15, 0.2) is 23.6 Å². The van der Waals surface area contributed by atoms with Gasteiger partial charge in [0.25, 0.3) is 5.91 Å². The number of ether oxygens (including phenoxy) is 1. The van der Waals surface area contributed by atoms with Gasteiger partial charge in [0.15, 0.2) is 0 Å². The Balaban J connectivity index is 1.68. The molecule has 1 saturated heterocycles. The molecule has 0 bridgehead atoms. The van der Waals surface area contributed by atoms with E-state index in [0.717, 1.165) is 31.0 Å². The number of hydrogen-bond donors (Lipinski definition) is 1. The zero-order valence-electron chi connectivity index (χ0n) is 15.1. The molecule has 3 aliphatic rings. The summed E-state index contributed by atoms with van der Waals surface area (Å²) < 4.78 is 5.95. The molecule has 0 aromatic heterocycles. The van der Waals surface area contributed by atoms with E-state index >= 15 is 0 Å². The van der Waals surface area contributed by atoms with E-state index in [-0.39, 0.29) is 35.5 Å². The first-order valence-electron chi connectivity index (χ1n) is 8.65. The summed E-state index contributed by atoms with van der Waals surface area (Å²) in [6.45, 7) is 11.6. The van der Waals surface area contributed by atoms with Crippen molar-refractivity contribution in [1.82, 2.24) is 15.1 Å². The maximum atomic E-state index is 12.5. The average Bonchev–Trinajstić information content (AvgIpc) is 3.09. The predicted octanol–water partition coefficient (Wildman–Crippen LogP) is 1.39. The number of likely N-dealkylation sites (tertiary alicyclic amines) is 1. The van der Waals surface area contributed by atoms with E-state index in [4.69, 9.17) is 4.74 Å². The summed E-state index contributed by atoms with van der Waals surface area (Å²) in [4.78, 5) is 28.2. The van der Waals surface area contributed by atoms with Gasteiger partial charge in [0.05, 0.1) is 18.1 Å². The van der Waals surface area contributed by atoms with E-state index in [2.05, 4.69) is 10.2 Å². The normalized spacial score (nSPS) is 30.6. The Morgan fingerprint density at radius 2 is 1.92 bits per heavy atom. The number of carbonyl (C=O) groups excluding carboxylic acids is 2. The van der Waals surface area contributed by atoms with Crippen molar-refractivity contribution in [2.24, 2.45) is 0 Å². The van der Waals surface area contributed by atoms with Crippen molar-refractivity contribution < 1.29 is 14.3 Å². The lowest BCUT2D eigenvalue weighted by Gasteiger charge is -2.32. The Morgan fingerprint density at radius 3 is 2.50 bits per heavy atom. The second-order valence-electron chi connectivity index (χ2n) is 7.87. The van der Waals surface area contributed by atoms with Gasteiger partial charge >= 0.3 is 0 Å². The third-order valence-electron chi connectivity index (χ3n) is 4.78. The van der Waals surface area contributed by atoms with Crippen LogP contribution in [0.3, 0.4) is 0 Å². The lowest BCUT2D eigenvalue weighted by atomic mass is 10.1. The van der Waals surface area contributed by atoms with Gasteiger partial charge in [-0.05, 0) is 41.0 Å². The molecule has 1 unspecified atom stereocenters. The predicted molar refractivity (Wildman–Crippen MR) is 90.9 cm³/mol. The number of nitrogens with one attached hydrogen (secondary N) is 1. The van der Waals surface area contributed by atoms with Crippen LogP contribution in [0.2, 0.25) is 0 Å². The van der Waals surface area contributed by atoms with Crippen LogP contribution in [-0.4, -0.2) is 58.4 Å². The van der Waals surface area contributed by atoms with Crippen molar-refractivity contribution in [3.05, 3.63) is 23.6 Å². The highest BCUT2D eigenvalue weighted by Crippen LogP contribution is 2.31. The molecule has 6 nitrogen and oxygen atoms in total. The number of amides is 2. The number of nitrogens with zero attached hydrogens (tertiary/aromatic N) is 2. The summed E-state index contributed by atoms with van der Waals surface area (Å²) >= 11 is 0. The minimum atomic E-state index is -0.311. The van der Waals surface area contributed by atoms with Crippen LogP contribution >= 0.6 is 0 Å². The molecule has 0 radical (unpaired) electrons. The van der Waals surface area contributed by atoms with Crippen molar-refractivity contribution in [3.8, 4) is 0 Å². The molecule has 6 heteroatoms. The Labute approximate surface area is 143 Å². The highest BCUT2D eigenvalue weighted by atomic mass is 16.5. The monoisotopic (exact) mass is 333 g/mol. The quantitative estimate of drug-likeness (QED) is 0.848. The van der Waals surface area contributed by atoms with Gasteiger partial charge in [-0.25, -0.2) is 0 Å². The van der Waals surface area contributed by atoms with Crippen molar-refractivity contribution in [2.45, 2.75) is 64.8 Å². The number of hydrogen-bond acceptors (Lipinski definition) is 4. The van der Waals surface area contributed by atoms with Gasteiger partial charge in [-0.2, -0.15) is 0 Å². The molecule has 1 fully saturated rings. The van der Waals surface area contributed by atoms with Gasteiger partial charge in [-0.15, -0.1) is 0 Å². The first kappa shape index (κ1) is 16.9. The number of rotatable bonds is 3. The van der Waals surface area contributed by atoms with Crippen molar-refractivity contribution in [2.75, 3.05) is 13.1 Å². The molecule has 0 saturated carbocycles. The second-order valence-corrected chi connectivity index (χ2v) is 7.87. The number of carbonyl (C=O) groups is 2. The fraction of sp³-hybridized carbons (Fsp3) is 0.667. The van der Waals surface area contributed by atoms with E-state index in [0.29, 0.717) is 0 Å². The van der Waals surface area contributed by atoms with Crippen LogP contribution in [-0.2, 0) is 14.3 Å². The fourth-order valence-corrected chi connectivity index (χ4v) is 3.77. The van der Waals surface area contributed by atoms with E-state index in [1.54, 1.807) is 12.2 Å². The molecule has 0 aromatic carbocycles. The molecule has 3 heterocycles. The standard InChI is InChI=1S/C18H27N3O3/c1-11-14(8-16(22)19-11)20-7-6-13(10-20)21-12(2)15(9-17(21)23)24-18(3,4)5/h8-9,11-13H,6-7,10H2,1-5H3,(H,19,22)/t11-,12-,13?/m0/s1. The Morgan fingerprint density at radius 1 is 1.21 bits per heavy atom. The minimum absolute atomic E-state index is 0.0243. The summed E-state index contributed by atoms with van der Waals surface area (Å²) in [5, 5.41) is 2.89. The highest BCUT2D eigenvalue weighted by Gasteiger charge is 2.41. The Kier molecular flexibility index (Phi) is 4.10. The van der Waals surface area contributed by atoms with Crippen LogP contribution < -0.4 is 5.32 Å². The molecular formula is C18H27N3O3. The lowest BCUT2D eigenvalue weighted by molar-refractivity contribution is -0.128. The minimum Gasteiger partial charge on any atom is -0.490 e. The molecular weight excluding hydrogens is 306 g/mol. The summed E-state index contributed by atoms with van der Waals surface area (Å²) in [5.41, 5.74) is 0.717. The van der Waals surface area contributed by atoms with Crippen LogP contribution in [0, 0.1) is 0 Å². The maximum absolute atomic E-state index is 12.5. The highest BCUT2D eigenvalue weighted by molar-refractivity contribution is 5.92. The Bertz CT molecular complexity index is 617. The molecule has 24 heavy (non-hydrogen) atoms. The van der Waals surface area contributed by atoms with E-state index in [9.17, 15) is 9.59 Å². The third-order valence-corrected chi connectivity index (χ3v) is 4.78. The van der Waals surface area contributed by atoms with Gasteiger partial charge in [-0.3, -0.25) is 9.59 Å². The SMILES string of the molecule is C[C@@H]1NC(=O)C=C1N1CCC(N2C(=O)C=C(OC(C)(C)C)[C@@H]2C)C1. The topological polar surface area (TPSA) is 61.9 Å². The average molecular weight is 333 g/mol. The van der Waals surface area contributed by atoms with E-state index < -0.39 is 0 Å². The zero-order valence-corrected chi connectivity index (χ0v) is 15.1. The first-order valence-corrected chi connectivity index (χ1v) is 8.65. The third kappa shape index (κ3) is 3.14. The molecule has 3 rings (SSSR count). The van der Waals surface area contributed by atoms with Gasteiger partial charge in [0.1, 0.15) is 11.4 Å². The molecule has 2 amide bonds. The van der Waals surface area contributed by atoms with E-state index in [1.165, 1.54) is 0 Å². The largest absolute Gasteiger partial charge is 0.490 e. The summed E-state index contributed by atoms with van der Waals surface area (Å²) in [6.07, 6.45) is 4.21. The zero-order chi connectivity index (χ0) is 17.6. The smallest absolute Gasteiger partial charge is 0.250 e. The van der Waals surface area contributed by atoms with Crippen LogP contribution in [0.4, 0.5) is 0 Å². The summed E-state index contributed by atoms with van der Waals surface area (Å²) in [5.74, 6) is 0.738. The Hall–Kier alpha value is -1.98.